The molecule has 0 heterocycles. The molecular weight excluding hydrogens is 314 g/mol. The fraction of sp³-hybridized carbons (Fsp3) is 0.278. The first kappa shape index (κ1) is 17.2. The lowest BCUT2D eigenvalue weighted by atomic mass is 10.2. The first-order valence-corrected chi connectivity index (χ1v) is 7.96. The maximum absolute atomic E-state index is 12.3. The minimum atomic E-state index is -0.583. The van der Waals surface area contributed by atoms with Gasteiger partial charge in [0.15, 0.2) is 6.10 Å². The van der Waals surface area contributed by atoms with Crippen LogP contribution >= 0.6 is 11.6 Å². The largest absolute Gasteiger partial charge is 0.494 e. The number of rotatable bonds is 7. The van der Waals surface area contributed by atoms with E-state index in [0.29, 0.717) is 29.5 Å². The molecule has 0 bridgehead atoms. The van der Waals surface area contributed by atoms with Crippen molar-refractivity contribution < 1.29 is 14.3 Å². The molecule has 0 fully saturated rings. The summed E-state index contributed by atoms with van der Waals surface area (Å²) in [4.78, 5) is 12.3. The Morgan fingerprint density at radius 2 is 1.87 bits per heavy atom. The van der Waals surface area contributed by atoms with Crippen LogP contribution in [0, 0.1) is 0 Å². The summed E-state index contributed by atoms with van der Waals surface area (Å²) in [5.41, 5.74) is 0.701. The van der Waals surface area contributed by atoms with E-state index in [9.17, 15) is 4.79 Å². The Kier molecular flexibility index (Phi) is 6.29. The molecule has 5 heteroatoms. The van der Waals surface area contributed by atoms with E-state index in [1.54, 1.807) is 36.4 Å². The number of benzene rings is 2. The van der Waals surface area contributed by atoms with E-state index in [1.807, 2.05) is 26.0 Å². The highest BCUT2D eigenvalue weighted by atomic mass is 35.5. The summed E-state index contributed by atoms with van der Waals surface area (Å²) in [6.07, 6.45) is -0.0323. The summed E-state index contributed by atoms with van der Waals surface area (Å²) < 4.78 is 11.1. The van der Waals surface area contributed by atoms with Gasteiger partial charge in [-0.1, -0.05) is 24.6 Å². The molecule has 0 unspecified atom stereocenters. The normalized spacial score (nSPS) is 11.6. The Hall–Kier alpha value is -2.20. The average molecular weight is 334 g/mol. The second-order valence-corrected chi connectivity index (χ2v) is 5.36. The minimum Gasteiger partial charge on any atom is -0.494 e. The zero-order valence-electron chi connectivity index (χ0n) is 13.2. The summed E-state index contributed by atoms with van der Waals surface area (Å²) in [5, 5.41) is 3.42. The lowest BCUT2D eigenvalue weighted by molar-refractivity contribution is -0.122. The summed E-state index contributed by atoms with van der Waals surface area (Å²) in [6, 6.07) is 14.2. The summed E-state index contributed by atoms with van der Waals surface area (Å²) >= 11 is 5.93. The molecule has 1 amide bonds. The van der Waals surface area contributed by atoms with Gasteiger partial charge in [0.2, 0.25) is 0 Å². The van der Waals surface area contributed by atoms with Gasteiger partial charge in [-0.25, -0.2) is 0 Å². The van der Waals surface area contributed by atoms with E-state index < -0.39 is 6.10 Å². The number of halogens is 1. The third kappa shape index (κ3) is 5.18. The van der Waals surface area contributed by atoms with Gasteiger partial charge in [-0.2, -0.15) is 0 Å². The van der Waals surface area contributed by atoms with Crippen LogP contribution in [-0.4, -0.2) is 18.6 Å². The fourth-order valence-electron chi connectivity index (χ4n) is 2.05. The molecule has 0 aliphatic heterocycles. The van der Waals surface area contributed by atoms with Crippen molar-refractivity contribution in [2.24, 2.45) is 0 Å². The van der Waals surface area contributed by atoms with E-state index in [-0.39, 0.29) is 5.91 Å². The fourth-order valence-corrected chi connectivity index (χ4v) is 2.23. The summed E-state index contributed by atoms with van der Waals surface area (Å²) in [5.74, 6) is 1.15. The number of carbonyl (C=O) groups excluding carboxylic acids is 1. The van der Waals surface area contributed by atoms with Crippen LogP contribution in [0.1, 0.15) is 20.3 Å². The van der Waals surface area contributed by atoms with Crippen LogP contribution in [0.4, 0.5) is 5.69 Å². The Balaban J connectivity index is 1.99. The van der Waals surface area contributed by atoms with Crippen LogP contribution in [0.25, 0.3) is 0 Å². The molecule has 0 aliphatic rings. The molecule has 0 saturated carbocycles. The van der Waals surface area contributed by atoms with E-state index in [1.165, 1.54) is 0 Å². The molecule has 122 valence electrons. The topological polar surface area (TPSA) is 47.6 Å². The zero-order chi connectivity index (χ0) is 16.7. The summed E-state index contributed by atoms with van der Waals surface area (Å²) in [6.45, 7) is 4.43. The van der Waals surface area contributed by atoms with Crippen molar-refractivity contribution in [1.82, 2.24) is 0 Å². The lowest BCUT2D eigenvalue weighted by Gasteiger charge is -2.17. The minimum absolute atomic E-state index is 0.198. The number of hydrogen-bond donors (Lipinski definition) is 1. The number of anilines is 1. The molecule has 1 N–H and O–H groups in total. The van der Waals surface area contributed by atoms with Gasteiger partial charge in [0.05, 0.1) is 6.61 Å². The standard InChI is InChI=1S/C18H20ClNO3/c1-3-17(23-16-7-5-6-13(19)12-16)18(21)20-14-8-10-15(11-9-14)22-4-2/h5-12,17H,3-4H2,1-2H3,(H,20,21)/t17-/m1/s1. The Morgan fingerprint density at radius 1 is 1.13 bits per heavy atom. The SMILES string of the molecule is CCOc1ccc(NC(=O)[C@@H](CC)Oc2cccc(Cl)c2)cc1. The van der Waals surface area contributed by atoms with Gasteiger partial charge in [0.25, 0.3) is 5.91 Å². The summed E-state index contributed by atoms with van der Waals surface area (Å²) in [7, 11) is 0. The van der Waals surface area contributed by atoms with Crippen molar-refractivity contribution in [1.29, 1.82) is 0 Å². The van der Waals surface area contributed by atoms with Crippen molar-refractivity contribution in [3.05, 3.63) is 53.6 Å². The van der Waals surface area contributed by atoms with Crippen molar-refractivity contribution in [2.75, 3.05) is 11.9 Å². The Bertz CT molecular complexity index is 643. The predicted molar refractivity (Wildman–Crippen MR) is 92.4 cm³/mol. The molecule has 0 saturated heterocycles. The second kappa shape index (κ2) is 8.44. The highest BCUT2D eigenvalue weighted by molar-refractivity contribution is 6.30. The molecule has 0 aliphatic carbocycles. The van der Waals surface area contributed by atoms with Crippen LogP contribution in [0.3, 0.4) is 0 Å². The van der Waals surface area contributed by atoms with Crippen molar-refractivity contribution in [3.8, 4) is 11.5 Å². The van der Waals surface area contributed by atoms with Gasteiger partial charge >= 0.3 is 0 Å². The van der Waals surface area contributed by atoms with E-state index >= 15 is 0 Å². The number of hydrogen-bond acceptors (Lipinski definition) is 3. The Morgan fingerprint density at radius 3 is 2.48 bits per heavy atom. The van der Waals surface area contributed by atoms with Crippen molar-refractivity contribution in [2.45, 2.75) is 26.4 Å². The van der Waals surface area contributed by atoms with Gasteiger partial charge in [-0.05, 0) is 55.8 Å². The molecule has 0 spiro atoms. The second-order valence-electron chi connectivity index (χ2n) is 4.92. The van der Waals surface area contributed by atoms with E-state index in [0.717, 1.165) is 5.75 Å². The average Bonchev–Trinajstić information content (AvgIpc) is 2.54. The quantitative estimate of drug-likeness (QED) is 0.809. The molecule has 0 aromatic heterocycles. The highest BCUT2D eigenvalue weighted by Gasteiger charge is 2.18. The van der Waals surface area contributed by atoms with Gasteiger partial charge in [0.1, 0.15) is 11.5 Å². The molecule has 2 rings (SSSR count). The predicted octanol–water partition coefficient (Wildman–Crippen LogP) is 4.53. The maximum atomic E-state index is 12.3. The van der Waals surface area contributed by atoms with Crippen LogP contribution < -0.4 is 14.8 Å². The van der Waals surface area contributed by atoms with Crippen LogP contribution in [0.5, 0.6) is 11.5 Å². The molecule has 23 heavy (non-hydrogen) atoms. The lowest BCUT2D eigenvalue weighted by Crippen LogP contribution is -2.32. The highest BCUT2D eigenvalue weighted by Crippen LogP contribution is 2.20. The molecule has 2 aromatic carbocycles. The van der Waals surface area contributed by atoms with E-state index in [2.05, 4.69) is 5.32 Å². The molecule has 4 nitrogen and oxygen atoms in total. The molecule has 1 atom stereocenters. The number of ether oxygens (including phenoxy) is 2. The molecule has 0 radical (unpaired) electrons. The Labute approximate surface area is 141 Å². The maximum Gasteiger partial charge on any atom is 0.265 e. The first-order valence-electron chi connectivity index (χ1n) is 7.58. The zero-order valence-corrected chi connectivity index (χ0v) is 14.0. The third-order valence-corrected chi connectivity index (χ3v) is 3.41. The number of nitrogens with one attached hydrogen (secondary N) is 1. The smallest absolute Gasteiger partial charge is 0.265 e. The molecule has 2 aromatic rings. The van der Waals surface area contributed by atoms with Crippen LogP contribution in [-0.2, 0) is 4.79 Å². The number of amides is 1. The van der Waals surface area contributed by atoms with Gasteiger partial charge in [0, 0.05) is 10.7 Å². The van der Waals surface area contributed by atoms with Crippen molar-refractivity contribution in [3.63, 3.8) is 0 Å². The van der Waals surface area contributed by atoms with Gasteiger partial charge < -0.3 is 14.8 Å². The van der Waals surface area contributed by atoms with Gasteiger partial charge in [-0.15, -0.1) is 0 Å². The van der Waals surface area contributed by atoms with Crippen LogP contribution in [0.2, 0.25) is 5.02 Å². The number of carbonyl (C=O) groups is 1. The van der Waals surface area contributed by atoms with E-state index in [4.69, 9.17) is 21.1 Å². The third-order valence-electron chi connectivity index (χ3n) is 3.17. The first-order chi connectivity index (χ1) is 11.1. The molecular formula is C18H20ClNO3. The van der Waals surface area contributed by atoms with Crippen LogP contribution in [0.15, 0.2) is 48.5 Å². The monoisotopic (exact) mass is 333 g/mol. The van der Waals surface area contributed by atoms with Crippen molar-refractivity contribution >= 4 is 23.2 Å². The van der Waals surface area contributed by atoms with Gasteiger partial charge in [-0.3, -0.25) is 4.79 Å².